The number of anilines is 1. The lowest BCUT2D eigenvalue weighted by Crippen LogP contribution is -2.38. The maximum absolute atomic E-state index is 13.1. The second-order valence-corrected chi connectivity index (χ2v) is 5.72. The molecule has 0 fully saturated rings. The second-order valence-electron chi connectivity index (χ2n) is 5.72. The summed E-state index contributed by atoms with van der Waals surface area (Å²) < 4.78 is 13.8. The summed E-state index contributed by atoms with van der Waals surface area (Å²) in [5, 5.41) is 2.52. The van der Waals surface area contributed by atoms with Crippen LogP contribution in [0.15, 0.2) is 64.3 Å². The van der Waals surface area contributed by atoms with Crippen molar-refractivity contribution in [2.45, 2.75) is 6.92 Å². The Balaban J connectivity index is 1.99. The molecule has 1 amide bonds. The average Bonchev–Trinajstić information content (AvgIpc) is 2.63. The number of nitrogens with one attached hydrogen (secondary N) is 2. The van der Waals surface area contributed by atoms with Crippen molar-refractivity contribution in [1.29, 1.82) is 0 Å². The van der Waals surface area contributed by atoms with Gasteiger partial charge in [-0.15, -0.1) is 0 Å². The van der Waals surface area contributed by atoms with Crippen LogP contribution < -0.4 is 16.6 Å². The monoisotopic (exact) mass is 367 g/mol. The Hall–Kier alpha value is -3.81. The van der Waals surface area contributed by atoms with Crippen LogP contribution in [-0.2, 0) is 0 Å². The first-order chi connectivity index (χ1) is 12.9. The summed E-state index contributed by atoms with van der Waals surface area (Å²) in [6.45, 7) is 1.39. The van der Waals surface area contributed by atoms with Crippen molar-refractivity contribution in [2.24, 2.45) is 0 Å². The average molecular weight is 367 g/mol. The van der Waals surface area contributed by atoms with Gasteiger partial charge in [-0.2, -0.15) is 0 Å². The van der Waals surface area contributed by atoms with Crippen LogP contribution in [0.3, 0.4) is 0 Å². The fraction of sp³-hybridized carbons (Fsp3) is 0.0526. The van der Waals surface area contributed by atoms with Crippen molar-refractivity contribution >= 4 is 17.4 Å². The van der Waals surface area contributed by atoms with Crippen molar-refractivity contribution < 1.29 is 14.0 Å². The summed E-state index contributed by atoms with van der Waals surface area (Å²) in [7, 11) is 0. The van der Waals surface area contributed by atoms with E-state index in [0.29, 0.717) is 11.3 Å². The lowest BCUT2D eigenvalue weighted by Gasteiger charge is -2.09. The molecule has 0 spiro atoms. The van der Waals surface area contributed by atoms with Gasteiger partial charge in [-0.3, -0.25) is 14.4 Å². The first kappa shape index (κ1) is 18.0. The van der Waals surface area contributed by atoms with E-state index in [-0.39, 0.29) is 17.0 Å². The van der Waals surface area contributed by atoms with Gasteiger partial charge < -0.3 is 10.3 Å². The molecule has 8 heteroatoms. The number of rotatable bonds is 4. The van der Waals surface area contributed by atoms with Crippen LogP contribution >= 0.6 is 0 Å². The normalized spacial score (nSPS) is 10.4. The molecule has 1 heterocycles. The molecule has 27 heavy (non-hydrogen) atoms. The molecule has 0 radical (unpaired) electrons. The fourth-order valence-electron chi connectivity index (χ4n) is 2.47. The predicted octanol–water partition coefficient (Wildman–Crippen LogP) is 2.12. The number of hydrogen-bond acceptors (Lipinski definition) is 4. The number of nitrogens with zero attached hydrogens (tertiary/aromatic N) is 1. The Bertz CT molecular complexity index is 1150. The van der Waals surface area contributed by atoms with Crippen molar-refractivity contribution in [3.8, 4) is 5.69 Å². The zero-order chi connectivity index (χ0) is 19.6. The van der Waals surface area contributed by atoms with Crippen LogP contribution in [0.2, 0.25) is 0 Å². The van der Waals surface area contributed by atoms with Crippen molar-refractivity contribution in [1.82, 2.24) is 9.55 Å². The van der Waals surface area contributed by atoms with Crippen molar-refractivity contribution in [3.63, 3.8) is 0 Å². The van der Waals surface area contributed by atoms with Crippen LogP contribution in [0.1, 0.15) is 27.6 Å². The highest BCUT2D eigenvalue weighted by Crippen LogP contribution is 2.12. The number of hydrogen-bond donors (Lipinski definition) is 2. The summed E-state index contributed by atoms with van der Waals surface area (Å²) in [5.74, 6) is -1.45. The summed E-state index contributed by atoms with van der Waals surface area (Å²) in [6.07, 6.45) is 1.01. The van der Waals surface area contributed by atoms with E-state index in [1.165, 1.54) is 25.1 Å². The van der Waals surface area contributed by atoms with Gasteiger partial charge in [-0.1, -0.05) is 12.1 Å². The summed E-state index contributed by atoms with van der Waals surface area (Å²) in [4.78, 5) is 50.9. The molecule has 0 aliphatic carbocycles. The highest BCUT2D eigenvalue weighted by molar-refractivity contribution is 6.04. The number of ketones is 1. The first-order valence-electron chi connectivity index (χ1n) is 7.90. The number of amides is 1. The zero-order valence-electron chi connectivity index (χ0n) is 14.2. The number of aromatic amines is 1. The molecular formula is C19H14FN3O4. The van der Waals surface area contributed by atoms with Crippen molar-refractivity contribution in [2.75, 3.05) is 5.32 Å². The lowest BCUT2D eigenvalue weighted by molar-refractivity contribution is 0.101. The number of halogens is 1. The highest BCUT2D eigenvalue weighted by Gasteiger charge is 2.16. The molecule has 2 aromatic carbocycles. The molecule has 2 N–H and O–H groups in total. The van der Waals surface area contributed by atoms with Crippen LogP contribution in [0.4, 0.5) is 10.1 Å². The number of benzene rings is 2. The standard InChI is InChI=1S/C19H14FN3O4/c1-11(24)12-3-2-4-14(9-12)22-17(25)16-10-21-19(27)23(18(16)26)15-7-5-13(20)6-8-15/h2-10H,1H3,(H,21,27)(H,22,25). The number of Topliss-reactive ketones (excluding diaryl/α,β-unsaturated/α-hetero) is 1. The van der Waals surface area contributed by atoms with E-state index in [4.69, 9.17) is 0 Å². The van der Waals surface area contributed by atoms with Crippen molar-refractivity contribution in [3.05, 3.63) is 92.5 Å². The molecule has 0 aliphatic heterocycles. The summed E-state index contributed by atoms with van der Waals surface area (Å²) >= 11 is 0. The van der Waals surface area contributed by atoms with Gasteiger partial charge in [0.1, 0.15) is 11.4 Å². The van der Waals surface area contributed by atoms with Crippen LogP contribution in [-0.4, -0.2) is 21.2 Å². The highest BCUT2D eigenvalue weighted by atomic mass is 19.1. The minimum atomic E-state index is -0.856. The van der Waals surface area contributed by atoms with Gasteiger partial charge in [-0.25, -0.2) is 13.8 Å². The molecule has 0 unspecified atom stereocenters. The Morgan fingerprint density at radius 2 is 1.78 bits per heavy atom. The van der Waals surface area contributed by atoms with Crippen LogP contribution in [0, 0.1) is 5.82 Å². The number of carbonyl (C=O) groups is 2. The maximum atomic E-state index is 13.1. The van der Waals surface area contributed by atoms with Crippen LogP contribution in [0.25, 0.3) is 5.69 Å². The molecule has 0 atom stereocenters. The van der Waals surface area contributed by atoms with Gasteiger partial charge in [0, 0.05) is 17.4 Å². The number of carbonyl (C=O) groups excluding carboxylic acids is 2. The molecule has 3 aromatic rings. The van der Waals surface area contributed by atoms with Gasteiger partial charge in [0.25, 0.3) is 11.5 Å². The molecule has 0 aliphatic rings. The quantitative estimate of drug-likeness (QED) is 0.690. The minimum Gasteiger partial charge on any atom is -0.322 e. The van der Waals surface area contributed by atoms with E-state index in [9.17, 15) is 23.6 Å². The third kappa shape index (κ3) is 3.74. The SMILES string of the molecule is CC(=O)c1cccc(NC(=O)c2c[nH]c(=O)n(-c3ccc(F)cc3)c2=O)c1. The molecule has 3 rings (SSSR count). The molecule has 7 nitrogen and oxygen atoms in total. The fourth-order valence-corrected chi connectivity index (χ4v) is 2.47. The third-order valence-electron chi connectivity index (χ3n) is 3.83. The summed E-state index contributed by atoms with van der Waals surface area (Å²) in [6, 6.07) is 10.9. The lowest BCUT2D eigenvalue weighted by atomic mass is 10.1. The number of H-pyrrole nitrogens is 1. The molecule has 0 saturated carbocycles. The predicted molar refractivity (Wildman–Crippen MR) is 97.0 cm³/mol. The van der Waals surface area contributed by atoms with Gasteiger partial charge in [0.15, 0.2) is 5.78 Å². The third-order valence-corrected chi connectivity index (χ3v) is 3.83. The number of aromatic nitrogens is 2. The topological polar surface area (TPSA) is 101 Å². The molecule has 0 saturated heterocycles. The van der Waals surface area contributed by atoms with E-state index in [1.54, 1.807) is 18.2 Å². The van der Waals surface area contributed by atoms with Crippen LogP contribution in [0.5, 0.6) is 0 Å². The Morgan fingerprint density at radius 3 is 2.44 bits per heavy atom. The first-order valence-corrected chi connectivity index (χ1v) is 7.90. The van der Waals surface area contributed by atoms with Gasteiger partial charge in [-0.05, 0) is 43.3 Å². The van der Waals surface area contributed by atoms with E-state index in [2.05, 4.69) is 10.3 Å². The van der Waals surface area contributed by atoms with Gasteiger partial charge in [0.2, 0.25) is 0 Å². The van der Waals surface area contributed by atoms with E-state index < -0.39 is 23.0 Å². The van der Waals surface area contributed by atoms with Gasteiger partial charge in [0.05, 0.1) is 5.69 Å². The summed E-state index contributed by atoms with van der Waals surface area (Å²) in [5.41, 5.74) is -1.08. The molecule has 136 valence electrons. The zero-order valence-corrected chi connectivity index (χ0v) is 14.2. The minimum absolute atomic E-state index is 0.121. The largest absolute Gasteiger partial charge is 0.333 e. The van der Waals surface area contributed by atoms with E-state index in [0.717, 1.165) is 22.9 Å². The maximum Gasteiger partial charge on any atom is 0.333 e. The Morgan fingerprint density at radius 1 is 1.07 bits per heavy atom. The van der Waals surface area contributed by atoms with E-state index >= 15 is 0 Å². The molecule has 1 aromatic heterocycles. The van der Waals surface area contributed by atoms with Gasteiger partial charge >= 0.3 is 5.69 Å². The second kappa shape index (κ2) is 7.20. The Labute approximate surface area is 152 Å². The molecule has 0 bridgehead atoms. The Kier molecular flexibility index (Phi) is 4.80. The molecular weight excluding hydrogens is 353 g/mol. The van der Waals surface area contributed by atoms with E-state index in [1.807, 2.05) is 0 Å². The smallest absolute Gasteiger partial charge is 0.322 e.